The van der Waals surface area contributed by atoms with Crippen molar-refractivity contribution >= 4 is 31.9 Å². The average Bonchev–Trinajstić information content (AvgIpc) is 2.49. The predicted octanol–water partition coefficient (Wildman–Crippen LogP) is 5.31. The average molecular weight is 413 g/mol. The molecule has 0 amide bonds. The van der Waals surface area contributed by atoms with E-state index in [0.29, 0.717) is 0 Å². The topological polar surface area (TPSA) is 21.3 Å². The summed E-state index contributed by atoms with van der Waals surface area (Å²) >= 11 is 7.22. The number of nitrogens with one attached hydrogen (secondary N) is 1. The van der Waals surface area contributed by atoms with E-state index in [1.165, 1.54) is 5.56 Å². The van der Waals surface area contributed by atoms with Gasteiger partial charge in [-0.3, -0.25) is 0 Å². The van der Waals surface area contributed by atoms with Gasteiger partial charge in [0.15, 0.2) is 0 Å². The number of halogens is 2. The fourth-order valence-corrected chi connectivity index (χ4v) is 3.21. The quantitative estimate of drug-likeness (QED) is 0.694. The molecule has 1 atom stereocenters. The maximum Gasteiger partial charge on any atom is 0.124 e. The van der Waals surface area contributed by atoms with Gasteiger partial charge < -0.3 is 10.1 Å². The minimum atomic E-state index is 0.0907. The molecule has 21 heavy (non-hydrogen) atoms. The van der Waals surface area contributed by atoms with E-state index in [1.807, 2.05) is 18.2 Å². The Morgan fingerprint density at radius 3 is 2.52 bits per heavy atom. The number of benzene rings is 2. The highest BCUT2D eigenvalue weighted by atomic mass is 79.9. The number of hydrogen-bond donors (Lipinski definition) is 1. The van der Waals surface area contributed by atoms with Gasteiger partial charge >= 0.3 is 0 Å². The molecule has 0 fully saturated rings. The number of ether oxygens (including phenoxy) is 1. The molecule has 0 bridgehead atoms. The third-order valence-corrected chi connectivity index (χ3v) is 4.53. The molecule has 1 N–H and O–H groups in total. The first-order chi connectivity index (χ1) is 10.2. The Kier molecular flexibility index (Phi) is 6.27. The van der Waals surface area contributed by atoms with Crippen molar-refractivity contribution in [3.8, 4) is 5.75 Å². The van der Waals surface area contributed by atoms with Crippen LogP contribution in [0.15, 0.2) is 51.4 Å². The highest BCUT2D eigenvalue weighted by Crippen LogP contribution is 2.35. The molecule has 0 radical (unpaired) electrons. The lowest BCUT2D eigenvalue weighted by Gasteiger charge is -2.23. The van der Waals surface area contributed by atoms with Crippen molar-refractivity contribution in [1.82, 2.24) is 5.32 Å². The van der Waals surface area contributed by atoms with Crippen molar-refractivity contribution in [2.24, 2.45) is 0 Å². The lowest BCUT2D eigenvalue weighted by Crippen LogP contribution is -2.24. The molecule has 1 unspecified atom stereocenters. The zero-order valence-corrected chi connectivity index (χ0v) is 15.4. The van der Waals surface area contributed by atoms with Crippen LogP contribution in [0.4, 0.5) is 0 Å². The van der Waals surface area contributed by atoms with Gasteiger partial charge in [-0.05, 0) is 42.8 Å². The smallest absolute Gasteiger partial charge is 0.124 e. The summed E-state index contributed by atoms with van der Waals surface area (Å²) in [5.74, 6) is 0.891. The highest BCUT2D eigenvalue weighted by Gasteiger charge is 2.20. The lowest BCUT2D eigenvalue weighted by atomic mass is 9.97. The molecule has 0 spiro atoms. The van der Waals surface area contributed by atoms with Crippen LogP contribution in [0.1, 0.15) is 30.5 Å². The first-order valence-electron chi connectivity index (χ1n) is 6.98. The fraction of sp³-hybridized carbons (Fsp3) is 0.294. The van der Waals surface area contributed by atoms with E-state index in [4.69, 9.17) is 4.74 Å². The third-order valence-electron chi connectivity index (χ3n) is 3.32. The second-order valence-electron chi connectivity index (χ2n) is 4.79. The van der Waals surface area contributed by atoms with Gasteiger partial charge in [0.25, 0.3) is 0 Å². The van der Waals surface area contributed by atoms with E-state index in [9.17, 15) is 0 Å². The largest absolute Gasteiger partial charge is 0.496 e. The van der Waals surface area contributed by atoms with Crippen molar-refractivity contribution in [1.29, 1.82) is 0 Å². The van der Waals surface area contributed by atoms with Gasteiger partial charge in [0.05, 0.1) is 13.2 Å². The Labute approximate surface area is 143 Å². The first-order valence-corrected chi connectivity index (χ1v) is 8.57. The van der Waals surface area contributed by atoms with Crippen LogP contribution in [0.5, 0.6) is 5.75 Å². The summed E-state index contributed by atoms with van der Waals surface area (Å²) in [4.78, 5) is 0. The second kappa shape index (κ2) is 7.97. The molecular formula is C17H19Br2NO. The van der Waals surface area contributed by atoms with Gasteiger partial charge in [-0.25, -0.2) is 0 Å². The molecule has 0 aliphatic rings. The van der Waals surface area contributed by atoms with Gasteiger partial charge in [-0.1, -0.05) is 57.0 Å². The molecule has 4 heteroatoms. The van der Waals surface area contributed by atoms with Crippen molar-refractivity contribution in [2.75, 3.05) is 13.7 Å². The van der Waals surface area contributed by atoms with E-state index in [-0.39, 0.29) is 6.04 Å². The van der Waals surface area contributed by atoms with E-state index in [2.05, 4.69) is 68.4 Å². The summed E-state index contributed by atoms with van der Waals surface area (Å²) in [7, 11) is 1.71. The van der Waals surface area contributed by atoms with Crippen LogP contribution in [0, 0.1) is 0 Å². The van der Waals surface area contributed by atoms with Gasteiger partial charge in [0.2, 0.25) is 0 Å². The summed E-state index contributed by atoms with van der Waals surface area (Å²) in [6.07, 6.45) is 1.08. The molecule has 0 saturated carbocycles. The molecule has 2 nitrogen and oxygen atoms in total. The predicted molar refractivity (Wildman–Crippen MR) is 95.0 cm³/mol. The Bertz CT molecular complexity index is 601. The minimum Gasteiger partial charge on any atom is -0.496 e. The standard InChI is InChI=1S/C17H19Br2NO/c1-3-10-20-17(13-6-4-5-7-15(13)19)14-11-12(18)8-9-16(14)21-2/h4-9,11,17,20H,3,10H2,1-2H3. The second-order valence-corrected chi connectivity index (χ2v) is 6.56. The van der Waals surface area contributed by atoms with Crippen molar-refractivity contribution in [2.45, 2.75) is 19.4 Å². The molecule has 112 valence electrons. The van der Waals surface area contributed by atoms with E-state index < -0.39 is 0 Å². The normalized spacial score (nSPS) is 12.2. The zero-order valence-electron chi connectivity index (χ0n) is 12.2. The molecule has 2 rings (SSSR count). The Balaban J connectivity index is 2.50. The Morgan fingerprint density at radius 2 is 1.86 bits per heavy atom. The van der Waals surface area contributed by atoms with Crippen LogP contribution in [-0.2, 0) is 0 Å². The molecular weight excluding hydrogens is 394 g/mol. The van der Waals surface area contributed by atoms with Gasteiger partial charge in [0.1, 0.15) is 5.75 Å². The Hall–Kier alpha value is -0.840. The first kappa shape index (κ1) is 16.5. The molecule has 0 saturated heterocycles. The summed E-state index contributed by atoms with van der Waals surface area (Å²) in [6, 6.07) is 14.5. The van der Waals surface area contributed by atoms with E-state index >= 15 is 0 Å². The molecule has 2 aromatic rings. The van der Waals surface area contributed by atoms with E-state index in [1.54, 1.807) is 7.11 Å². The van der Waals surface area contributed by atoms with Crippen LogP contribution < -0.4 is 10.1 Å². The van der Waals surface area contributed by atoms with Crippen molar-refractivity contribution in [3.05, 3.63) is 62.5 Å². The fourth-order valence-electron chi connectivity index (χ4n) is 2.32. The maximum atomic E-state index is 5.55. The van der Waals surface area contributed by atoms with E-state index in [0.717, 1.165) is 33.2 Å². The van der Waals surface area contributed by atoms with Crippen molar-refractivity contribution < 1.29 is 4.74 Å². The van der Waals surface area contributed by atoms with Crippen LogP contribution in [-0.4, -0.2) is 13.7 Å². The van der Waals surface area contributed by atoms with Gasteiger partial charge in [-0.15, -0.1) is 0 Å². The zero-order chi connectivity index (χ0) is 15.2. The summed E-state index contributed by atoms with van der Waals surface area (Å²) in [5, 5.41) is 3.61. The Morgan fingerprint density at radius 1 is 1.10 bits per heavy atom. The summed E-state index contributed by atoms with van der Waals surface area (Å²) in [5.41, 5.74) is 2.34. The van der Waals surface area contributed by atoms with Crippen LogP contribution in [0.2, 0.25) is 0 Å². The molecule has 0 heterocycles. The van der Waals surface area contributed by atoms with Crippen LogP contribution in [0.25, 0.3) is 0 Å². The molecule has 2 aromatic carbocycles. The lowest BCUT2D eigenvalue weighted by molar-refractivity contribution is 0.403. The van der Waals surface area contributed by atoms with Gasteiger partial charge in [0, 0.05) is 14.5 Å². The molecule has 0 aliphatic carbocycles. The molecule has 0 aliphatic heterocycles. The number of methoxy groups -OCH3 is 1. The SMILES string of the molecule is CCCNC(c1ccccc1Br)c1cc(Br)ccc1OC. The van der Waals surface area contributed by atoms with Crippen LogP contribution in [0.3, 0.4) is 0 Å². The number of hydrogen-bond acceptors (Lipinski definition) is 2. The maximum absolute atomic E-state index is 5.55. The number of rotatable bonds is 6. The van der Waals surface area contributed by atoms with Crippen molar-refractivity contribution in [3.63, 3.8) is 0 Å². The highest BCUT2D eigenvalue weighted by molar-refractivity contribution is 9.10. The minimum absolute atomic E-state index is 0.0907. The summed E-state index contributed by atoms with van der Waals surface area (Å²) < 4.78 is 7.69. The van der Waals surface area contributed by atoms with Crippen LogP contribution >= 0.6 is 31.9 Å². The monoisotopic (exact) mass is 411 g/mol. The third kappa shape index (κ3) is 4.09. The van der Waals surface area contributed by atoms with Gasteiger partial charge in [-0.2, -0.15) is 0 Å². The summed E-state index contributed by atoms with van der Waals surface area (Å²) in [6.45, 7) is 3.11. The molecule has 0 aromatic heterocycles.